The zero-order chi connectivity index (χ0) is 25.8. The molecule has 1 aliphatic rings. The predicted octanol–water partition coefficient (Wildman–Crippen LogP) is 1.48. The Labute approximate surface area is 207 Å². The van der Waals surface area contributed by atoms with Crippen LogP contribution in [0.4, 0.5) is 4.39 Å². The first kappa shape index (κ1) is 24.9. The van der Waals surface area contributed by atoms with Gasteiger partial charge in [0.2, 0.25) is 0 Å². The van der Waals surface area contributed by atoms with E-state index >= 15 is 0 Å². The monoisotopic (exact) mass is 493 g/mol. The van der Waals surface area contributed by atoms with Gasteiger partial charge >= 0.3 is 0 Å². The van der Waals surface area contributed by atoms with Crippen molar-refractivity contribution in [1.29, 1.82) is 0 Å². The number of Topliss-reactive ketones (excluding diaryl/α,β-unsaturated/α-hetero) is 1. The average Bonchev–Trinajstić information content (AvgIpc) is 3.36. The number of nitrogens with zero attached hydrogens (tertiary/aromatic N) is 4. The molecule has 2 aromatic carbocycles. The Kier molecular flexibility index (Phi) is 7.30. The highest BCUT2D eigenvalue weighted by molar-refractivity contribution is 6.45. The number of hydrazone groups is 1. The van der Waals surface area contributed by atoms with Crippen molar-refractivity contribution in [2.45, 2.75) is 13.3 Å². The van der Waals surface area contributed by atoms with Crippen LogP contribution in [0.5, 0.6) is 0 Å². The number of aromatic nitrogens is 1. The van der Waals surface area contributed by atoms with E-state index in [1.807, 2.05) is 13.0 Å². The minimum atomic E-state index is -0.819. The first-order chi connectivity index (χ1) is 17.3. The fraction of sp³-hybridized carbons (Fsp3) is 0.280. The second-order valence-corrected chi connectivity index (χ2v) is 8.46. The van der Waals surface area contributed by atoms with Crippen LogP contribution in [-0.4, -0.2) is 76.1 Å². The van der Waals surface area contributed by atoms with Crippen LogP contribution in [0.25, 0.3) is 10.9 Å². The second-order valence-electron chi connectivity index (χ2n) is 8.46. The topological polar surface area (TPSA) is 141 Å². The summed E-state index contributed by atoms with van der Waals surface area (Å²) >= 11 is 0. The van der Waals surface area contributed by atoms with Gasteiger partial charge in [0.25, 0.3) is 17.6 Å². The summed E-state index contributed by atoms with van der Waals surface area (Å²) in [6.07, 6.45) is 1.51. The van der Waals surface area contributed by atoms with Gasteiger partial charge in [-0.05, 0) is 30.7 Å². The van der Waals surface area contributed by atoms with E-state index in [1.54, 1.807) is 35.2 Å². The third-order valence-corrected chi connectivity index (χ3v) is 6.14. The zero-order valence-corrected chi connectivity index (χ0v) is 19.9. The van der Waals surface area contributed by atoms with Gasteiger partial charge in [-0.2, -0.15) is 0 Å². The number of amides is 2. The molecular weight excluding hydrogens is 465 g/mol. The van der Waals surface area contributed by atoms with Gasteiger partial charge in [-0.15, -0.1) is 5.10 Å². The van der Waals surface area contributed by atoms with Crippen molar-refractivity contribution in [3.63, 3.8) is 0 Å². The summed E-state index contributed by atoms with van der Waals surface area (Å²) < 4.78 is 14.8. The third-order valence-electron chi connectivity index (χ3n) is 6.14. The van der Waals surface area contributed by atoms with Crippen molar-refractivity contribution in [3.05, 3.63) is 71.2 Å². The summed E-state index contributed by atoms with van der Waals surface area (Å²) in [7, 11) is 0. The van der Waals surface area contributed by atoms with Gasteiger partial charge in [-0.1, -0.05) is 24.3 Å². The van der Waals surface area contributed by atoms with Gasteiger partial charge in [0, 0.05) is 49.7 Å². The molecule has 4 rings (SSSR count). The Balaban J connectivity index is 1.49. The fourth-order valence-corrected chi connectivity index (χ4v) is 4.19. The molecule has 3 aromatic rings. The number of carbonyl (C=O) groups is 3. The standard InChI is InChI=1S/C25H28FN7O3/c1-2-33(28)30-20(27)14-17-8-9-19(26)21-18(15-29-22(17)21)23(34)25(36)32-12-10-31(11-13-32)24(35)16-6-4-3-5-7-16/h3-9,15,29H,2,10-14,28H2,1H3,(H2,27,30). The maximum Gasteiger partial charge on any atom is 0.295 e. The number of hydrogen-bond donors (Lipinski definition) is 3. The number of nitrogens with two attached hydrogens (primary N) is 2. The maximum absolute atomic E-state index is 14.8. The summed E-state index contributed by atoms with van der Waals surface area (Å²) in [6.45, 7) is 3.28. The fourth-order valence-electron chi connectivity index (χ4n) is 4.19. The highest BCUT2D eigenvalue weighted by atomic mass is 19.1. The van der Waals surface area contributed by atoms with Crippen molar-refractivity contribution < 1.29 is 18.8 Å². The lowest BCUT2D eigenvalue weighted by Gasteiger charge is -2.34. The van der Waals surface area contributed by atoms with E-state index in [-0.39, 0.29) is 42.2 Å². The van der Waals surface area contributed by atoms with Gasteiger partial charge in [0.05, 0.1) is 17.6 Å². The molecule has 0 atom stereocenters. The van der Waals surface area contributed by atoms with E-state index in [0.717, 1.165) is 0 Å². The first-order valence-corrected chi connectivity index (χ1v) is 11.6. The molecule has 188 valence electrons. The maximum atomic E-state index is 14.8. The Hall–Kier alpha value is -4.25. The predicted molar refractivity (Wildman–Crippen MR) is 133 cm³/mol. The van der Waals surface area contributed by atoms with Crippen molar-refractivity contribution in [3.8, 4) is 0 Å². The molecule has 1 fully saturated rings. The van der Waals surface area contributed by atoms with Gasteiger partial charge in [-0.25, -0.2) is 15.4 Å². The quantitative estimate of drug-likeness (QED) is 0.114. The number of benzene rings is 2. The van der Waals surface area contributed by atoms with Gasteiger partial charge < -0.3 is 20.5 Å². The summed E-state index contributed by atoms with van der Waals surface area (Å²) in [5, 5.41) is 5.24. The summed E-state index contributed by atoms with van der Waals surface area (Å²) in [5.74, 6) is 3.56. The number of hydrazine groups is 1. The summed E-state index contributed by atoms with van der Waals surface area (Å²) in [6, 6.07) is 11.7. The summed E-state index contributed by atoms with van der Waals surface area (Å²) in [5.41, 5.74) is 7.44. The molecule has 0 bridgehead atoms. The number of fused-ring (bicyclic) bond motifs is 1. The smallest absolute Gasteiger partial charge is 0.295 e. The van der Waals surface area contributed by atoms with Crippen molar-refractivity contribution in [2.24, 2.45) is 16.7 Å². The third kappa shape index (κ3) is 5.05. The molecule has 1 aromatic heterocycles. The van der Waals surface area contributed by atoms with E-state index in [4.69, 9.17) is 11.6 Å². The van der Waals surface area contributed by atoms with Crippen LogP contribution in [-0.2, 0) is 11.2 Å². The Morgan fingerprint density at radius 3 is 2.39 bits per heavy atom. The number of H-pyrrole nitrogens is 1. The normalized spacial score (nSPS) is 14.2. The molecule has 1 aliphatic heterocycles. The van der Waals surface area contributed by atoms with Gasteiger partial charge in [0.1, 0.15) is 11.7 Å². The van der Waals surface area contributed by atoms with E-state index in [2.05, 4.69) is 10.1 Å². The number of carbonyl (C=O) groups excluding carboxylic acids is 3. The molecule has 0 radical (unpaired) electrons. The van der Waals surface area contributed by atoms with Crippen LogP contribution >= 0.6 is 0 Å². The van der Waals surface area contributed by atoms with Crippen molar-refractivity contribution in [1.82, 2.24) is 19.9 Å². The highest BCUT2D eigenvalue weighted by Gasteiger charge is 2.31. The van der Waals surface area contributed by atoms with Crippen LogP contribution in [0, 0.1) is 5.82 Å². The van der Waals surface area contributed by atoms with Gasteiger partial charge in [0.15, 0.2) is 0 Å². The van der Waals surface area contributed by atoms with Crippen molar-refractivity contribution in [2.75, 3.05) is 32.7 Å². The molecule has 0 spiro atoms. The lowest BCUT2D eigenvalue weighted by molar-refractivity contribution is -0.127. The molecule has 36 heavy (non-hydrogen) atoms. The minimum Gasteiger partial charge on any atom is -0.385 e. The molecule has 1 saturated heterocycles. The lowest BCUT2D eigenvalue weighted by atomic mass is 10.0. The van der Waals surface area contributed by atoms with E-state index < -0.39 is 17.5 Å². The molecule has 2 amide bonds. The van der Waals surface area contributed by atoms with E-state index in [0.29, 0.717) is 36.3 Å². The van der Waals surface area contributed by atoms with Crippen LogP contribution in [0.2, 0.25) is 0 Å². The molecule has 10 nitrogen and oxygen atoms in total. The van der Waals surface area contributed by atoms with Crippen molar-refractivity contribution >= 4 is 34.3 Å². The number of halogens is 1. The number of aromatic amines is 1. The number of nitrogens with one attached hydrogen (secondary N) is 1. The molecule has 0 aliphatic carbocycles. The number of rotatable bonds is 7. The highest BCUT2D eigenvalue weighted by Crippen LogP contribution is 2.26. The lowest BCUT2D eigenvalue weighted by Crippen LogP contribution is -2.52. The Morgan fingerprint density at radius 2 is 1.72 bits per heavy atom. The zero-order valence-electron chi connectivity index (χ0n) is 19.9. The van der Waals surface area contributed by atoms with E-state index in [1.165, 1.54) is 22.3 Å². The number of amidine groups is 1. The number of ketones is 1. The van der Waals surface area contributed by atoms with Gasteiger partial charge in [-0.3, -0.25) is 14.4 Å². The SMILES string of the molecule is CCN(N)/N=C(\N)Cc1ccc(F)c2c(C(=O)C(=O)N3CCN(C(=O)c4ccccc4)CC3)c[nH]c12. The van der Waals surface area contributed by atoms with Crippen LogP contribution in [0.15, 0.2) is 53.8 Å². The molecule has 5 N–H and O–H groups in total. The summed E-state index contributed by atoms with van der Waals surface area (Å²) in [4.78, 5) is 44.7. The molecule has 2 heterocycles. The largest absolute Gasteiger partial charge is 0.385 e. The molecule has 11 heteroatoms. The van der Waals surface area contributed by atoms with Crippen LogP contribution < -0.4 is 11.6 Å². The minimum absolute atomic E-state index is 0.0247. The Bertz CT molecular complexity index is 1310. The second kappa shape index (κ2) is 10.6. The molecular formula is C25H28FN7O3. The van der Waals surface area contributed by atoms with E-state index in [9.17, 15) is 18.8 Å². The van der Waals surface area contributed by atoms with Crippen LogP contribution in [0.1, 0.15) is 33.2 Å². The first-order valence-electron chi connectivity index (χ1n) is 11.6. The molecule has 0 saturated carbocycles. The number of piperazine rings is 1. The average molecular weight is 494 g/mol. The number of hydrogen-bond acceptors (Lipinski definition) is 6. The molecule has 0 unspecified atom stereocenters. The van der Waals surface area contributed by atoms with Crippen LogP contribution in [0.3, 0.4) is 0 Å². The Morgan fingerprint density at radius 1 is 1.06 bits per heavy atom.